The molecule has 0 N–H and O–H groups in total. The van der Waals surface area contributed by atoms with E-state index in [0.29, 0.717) is 30.8 Å². The summed E-state index contributed by atoms with van der Waals surface area (Å²) in [6.07, 6.45) is 7.53. The fraction of sp³-hybridized carbons (Fsp3) is 0.632. The Hall–Kier alpha value is -1.69. The van der Waals surface area contributed by atoms with Crippen molar-refractivity contribution in [2.45, 2.75) is 33.1 Å². The first-order valence-corrected chi connectivity index (χ1v) is 10.0. The molecule has 2 bridgehead atoms. The van der Waals surface area contributed by atoms with Crippen LogP contribution in [-0.2, 0) is 4.79 Å². The third kappa shape index (κ3) is 3.12. The standard InChI is InChI=1S/C19H25N3O2S/c1-12-17(25-13(2)20-12)19(24)22-7-3-6-21(8-9-22)18(23)16-11-14-4-5-15(16)10-14/h4-5,14-16H,3,6-11H2,1-2H3/t14-,15+,16+/m1/s1. The third-order valence-electron chi connectivity index (χ3n) is 5.79. The first kappa shape index (κ1) is 16.8. The lowest BCUT2D eigenvalue weighted by atomic mass is 9.92. The zero-order chi connectivity index (χ0) is 17.6. The van der Waals surface area contributed by atoms with E-state index in [2.05, 4.69) is 17.1 Å². The van der Waals surface area contributed by atoms with Crippen LogP contribution < -0.4 is 0 Å². The summed E-state index contributed by atoms with van der Waals surface area (Å²) in [5.74, 6) is 1.60. The number of aryl methyl sites for hydroxylation is 2. The maximum atomic E-state index is 12.9. The molecule has 5 nitrogen and oxygen atoms in total. The second-order valence-corrected chi connectivity index (χ2v) is 8.71. The largest absolute Gasteiger partial charge is 0.341 e. The highest BCUT2D eigenvalue weighted by Crippen LogP contribution is 2.44. The number of nitrogens with zero attached hydrogens (tertiary/aromatic N) is 3. The van der Waals surface area contributed by atoms with Crippen molar-refractivity contribution in [1.29, 1.82) is 0 Å². The Kier molecular flexibility index (Phi) is 4.40. The second-order valence-electron chi connectivity index (χ2n) is 7.51. The average Bonchev–Trinajstić information content (AvgIpc) is 3.24. The highest BCUT2D eigenvalue weighted by Gasteiger charge is 2.41. The van der Waals surface area contributed by atoms with Crippen molar-refractivity contribution in [2.24, 2.45) is 17.8 Å². The predicted octanol–water partition coefficient (Wildman–Crippen LogP) is 2.65. The highest BCUT2D eigenvalue weighted by atomic mass is 32.1. The Bertz CT molecular complexity index is 726. The summed E-state index contributed by atoms with van der Waals surface area (Å²) in [5, 5.41) is 0.928. The third-order valence-corrected chi connectivity index (χ3v) is 6.85. The highest BCUT2D eigenvalue weighted by molar-refractivity contribution is 7.13. The van der Waals surface area contributed by atoms with Crippen molar-refractivity contribution in [3.8, 4) is 0 Å². The first-order valence-electron chi connectivity index (χ1n) is 9.23. The summed E-state index contributed by atoms with van der Waals surface area (Å²) in [6, 6.07) is 0. The number of thiazole rings is 1. The molecule has 2 heterocycles. The predicted molar refractivity (Wildman–Crippen MR) is 97.5 cm³/mol. The van der Waals surface area contributed by atoms with E-state index in [1.807, 2.05) is 23.6 Å². The molecule has 1 aliphatic heterocycles. The van der Waals surface area contributed by atoms with Crippen LogP contribution in [0.25, 0.3) is 0 Å². The van der Waals surface area contributed by atoms with Gasteiger partial charge in [-0.25, -0.2) is 4.98 Å². The summed E-state index contributed by atoms with van der Waals surface area (Å²) in [6.45, 7) is 6.58. The Balaban J connectivity index is 1.40. The maximum absolute atomic E-state index is 12.9. The van der Waals surface area contributed by atoms with Gasteiger partial charge in [-0.1, -0.05) is 12.2 Å². The van der Waals surface area contributed by atoms with Crippen LogP contribution in [0.3, 0.4) is 0 Å². The Morgan fingerprint density at radius 3 is 2.48 bits per heavy atom. The van der Waals surface area contributed by atoms with Crippen molar-refractivity contribution >= 4 is 23.2 Å². The van der Waals surface area contributed by atoms with Crippen LogP contribution in [0.2, 0.25) is 0 Å². The molecule has 3 atom stereocenters. The number of carbonyl (C=O) groups excluding carboxylic acids is 2. The Labute approximate surface area is 152 Å². The molecule has 1 saturated heterocycles. The van der Waals surface area contributed by atoms with Crippen LogP contribution in [0.1, 0.15) is 39.6 Å². The maximum Gasteiger partial charge on any atom is 0.265 e. The normalized spacial score (nSPS) is 28.5. The number of rotatable bonds is 2. The van der Waals surface area contributed by atoms with Crippen molar-refractivity contribution in [1.82, 2.24) is 14.8 Å². The minimum absolute atomic E-state index is 0.0697. The Morgan fingerprint density at radius 1 is 1.08 bits per heavy atom. The van der Waals surface area contributed by atoms with Crippen LogP contribution in [0.4, 0.5) is 0 Å². The average molecular weight is 359 g/mol. The lowest BCUT2D eigenvalue weighted by Gasteiger charge is -2.27. The quantitative estimate of drug-likeness (QED) is 0.763. The molecule has 0 spiro atoms. The zero-order valence-corrected chi connectivity index (χ0v) is 15.7. The van der Waals surface area contributed by atoms with E-state index >= 15 is 0 Å². The molecular weight excluding hydrogens is 334 g/mol. The molecule has 4 rings (SSSR count). The van der Waals surface area contributed by atoms with Crippen LogP contribution in [0.5, 0.6) is 0 Å². The summed E-state index contributed by atoms with van der Waals surface area (Å²) in [5.41, 5.74) is 0.818. The van der Waals surface area contributed by atoms with E-state index in [-0.39, 0.29) is 11.8 Å². The molecule has 134 valence electrons. The molecule has 25 heavy (non-hydrogen) atoms. The van der Waals surface area contributed by atoms with Gasteiger partial charge in [-0.3, -0.25) is 9.59 Å². The number of carbonyl (C=O) groups is 2. The summed E-state index contributed by atoms with van der Waals surface area (Å²) >= 11 is 1.47. The number of allylic oxidation sites excluding steroid dienone is 2. The lowest BCUT2D eigenvalue weighted by molar-refractivity contribution is -0.136. The van der Waals surface area contributed by atoms with Crippen molar-refractivity contribution in [3.05, 3.63) is 27.7 Å². The van der Waals surface area contributed by atoms with Crippen molar-refractivity contribution in [3.63, 3.8) is 0 Å². The molecule has 6 heteroatoms. The van der Waals surface area contributed by atoms with Gasteiger partial charge in [-0.15, -0.1) is 11.3 Å². The number of hydrogen-bond donors (Lipinski definition) is 0. The SMILES string of the molecule is Cc1nc(C)c(C(=O)N2CCCN(C(=O)[C@H]3C[C@@H]4C=C[C@H]3C4)CC2)s1. The molecule has 1 saturated carbocycles. The number of aromatic nitrogens is 1. The molecule has 0 unspecified atom stereocenters. The second kappa shape index (κ2) is 6.56. The van der Waals surface area contributed by atoms with Gasteiger partial charge in [0.25, 0.3) is 5.91 Å². The van der Waals surface area contributed by atoms with Gasteiger partial charge >= 0.3 is 0 Å². The van der Waals surface area contributed by atoms with Gasteiger partial charge in [0.05, 0.1) is 10.7 Å². The van der Waals surface area contributed by atoms with Gasteiger partial charge in [-0.2, -0.15) is 0 Å². The van der Waals surface area contributed by atoms with Gasteiger partial charge in [0.1, 0.15) is 4.88 Å². The summed E-state index contributed by atoms with van der Waals surface area (Å²) in [4.78, 5) is 34.7. The first-order chi connectivity index (χ1) is 12.0. The molecule has 0 aromatic carbocycles. The minimum atomic E-state index is 0.0697. The molecule has 3 aliphatic rings. The molecule has 2 fully saturated rings. The minimum Gasteiger partial charge on any atom is -0.341 e. The smallest absolute Gasteiger partial charge is 0.265 e. The van der Waals surface area contributed by atoms with Crippen LogP contribution in [0.15, 0.2) is 12.2 Å². The van der Waals surface area contributed by atoms with Gasteiger partial charge in [0.2, 0.25) is 5.91 Å². The van der Waals surface area contributed by atoms with Crippen molar-refractivity contribution in [2.75, 3.05) is 26.2 Å². The van der Waals surface area contributed by atoms with Gasteiger partial charge in [-0.05, 0) is 44.9 Å². The molecular formula is C19H25N3O2S. The van der Waals surface area contributed by atoms with E-state index in [9.17, 15) is 9.59 Å². The van der Waals surface area contributed by atoms with E-state index in [1.54, 1.807) is 0 Å². The monoisotopic (exact) mass is 359 g/mol. The zero-order valence-electron chi connectivity index (χ0n) is 14.9. The number of fused-ring (bicyclic) bond motifs is 2. The van der Waals surface area contributed by atoms with Crippen LogP contribution in [-0.4, -0.2) is 52.8 Å². The molecule has 1 aromatic rings. The molecule has 2 aliphatic carbocycles. The molecule has 1 aromatic heterocycles. The van der Waals surface area contributed by atoms with E-state index in [1.165, 1.54) is 11.3 Å². The summed E-state index contributed by atoms with van der Waals surface area (Å²) < 4.78 is 0. The number of amides is 2. The fourth-order valence-corrected chi connectivity index (χ4v) is 5.40. The van der Waals surface area contributed by atoms with Gasteiger partial charge in [0.15, 0.2) is 0 Å². The van der Waals surface area contributed by atoms with E-state index in [4.69, 9.17) is 0 Å². The topological polar surface area (TPSA) is 53.5 Å². The van der Waals surface area contributed by atoms with E-state index in [0.717, 1.165) is 47.9 Å². The van der Waals surface area contributed by atoms with Crippen LogP contribution in [0, 0.1) is 31.6 Å². The molecule has 0 radical (unpaired) electrons. The van der Waals surface area contributed by atoms with Crippen molar-refractivity contribution < 1.29 is 9.59 Å². The number of hydrogen-bond acceptors (Lipinski definition) is 4. The summed E-state index contributed by atoms with van der Waals surface area (Å²) in [7, 11) is 0. The van der Waals surface area contributed by atoms with Gasteiger partial charge in [0, 0.05) is 32.1 Å². The lowest BCUT2D eigenvalue weighted by Crippen LogP contribution is -2.41. The van der Waals surface area contributed by atoms with Crippen LogP contribution >= 0.6 is 11.3 Å². The Morgan fingerprint density at radius 2 is 1.84 bits per heavy atom. The van der Waals surface area contributed by atoms with E-state index < -0.39 is 0 Å². The van der Waals surface area contributed by atoms with Gasteiger partial charge < -0.3 is 9.80 Å². The fourth-order valence-electron chi connectivity index (χ4n) is 4.51. The molecule has 2 amide bonds.